The Balaban J connectivity index is 2.50. The molecule has 16 nitrogen and oxygen atoms in total. The topological polar surface area (TPSA) is 274 Å². The lowest BCUT2D eigenvalue weighted by atomic mass is 10.1. The van der Waals surface area contributed by atoms with Gasteiger partial charge in [-0.25, -0.2) is 0 Å². The number of hydrogen-bond donors (Lipinski definition) is 9. The van der Waals surface area contributed by atoms with Crippen molar-refractivity contribution >= 4 is 47.2 Å². The Morgan fingerprint density at radius 1 is 0.822 bits per heavy atom. The van der Waals surface area contributed by atoms with Crippen molar-refractivity contribution in [1.29, 1.82) is 0 Å². The molecular weight excluding hydrogens is 608 g/mol. The van der Waals surface area contributed by atoms with Crippen molar-refractivity contribution in [2.45, 2.75) is 101 Å². The molecule has 1 rings (SSSR count). The van der Waals surface area contributed by atoms with Gasteiger partial charge in [0.1, 0.15) is 12.1 Å². The summed E-state index contributed by atoms with van der Waals surface area (Å²) in [6, 6.07) is -1.45. The summed E-state index contributed by atoms with van der Waals surface area (Å²) >= 11 is 1.04. The lowest BCUT2D eigenvalue weighted by Crippen LogP contribution is -2.52. The highest BCUT2D eigenvalue weighted by atomic mass is 32.2. The molecule has 3 unspecified atom stereocenters. The van der Waals surface area contributed by atoms with E-state index in [2.05, 4.69) is 21.3 Å². The van der Waals surface area contributed by atoms with Gasteiger partial charge < -0.3 is 48.7 Å². The van der Waals surface area contributed by atoms with Crippen molar-refractivity contribution in [3.8, 4) is 11.8 Å². The fourth-order valence-corrected chi connectivity index (χ4v) is 4.99. The van der Waals surface area contributed by atoms with E-state index in [4.69, 9.17) is 17.2 Å². The fourth-order valence-electron chi connectivity index (χ4n) is 4.04. The fraction of sp³-hybridized carbons (Fsp3) is 0.643. The quantitative estimate of drug-likeness (QED) is 0.0514. The number of carbonyl (C=O) groups excluding carboxylic acids is 6. The van der Waals surface area contributed by atoms with E-state index in [1.165, 1.54) is 6.07 Å². The second-order valence-corrected chi connectivity index (χ2v) is 11.5. The normalized spacial score (nSPS) is 12.9. The van der Waals surface area contributed by atoms with Gasteiger partial charge in [-0.3, -0.25) is 33.3 Å². The van der Waals surface area contributed by atoms with Crippen molar-refractivity contribution in [2.75, 3.05) is 18.8 Å². The van der Waals surface area contributed by atoms with Crippen molar-refractivity contribution in [3.05, 3.63) is 6.07 Å². The zero-order valence-electron chi connectivity index (χ0n) is 25.9. The van der Waals surface area contributed by atoms with Crippen LogP contribution in [0.4, 0.5) is 0 Å². The average Bonchev–Trinajstić information content (AvgIpc) is 3.27. The van der Waals surface area contributed by atoms with Gasteiger partial charge in [-0.15, -0.1) is 11.8 Å². The Morgan fingerprint density at radius 3 is 1.96 bits per heavy atom. The Kier molecular flexibility index (Phi) is 18.1. The first-order valence-corrected chi connectivity index (χ1v) is 16.0. The van der Waals surface area contributed by atoms with Crippen LogP contribution in [0.25, 0.3) is 0 Å². The second kappa shape index (κ2) is 20.9. The Bertz CT molecular complexity index is 1160. The highest BCUT2D eigenvalue weighted by molar-refractivity contribution is 7.99. The molecule has 0 radical (unpaired) electrons. The molecule has 1 aromatic heterocycles. The number of thioether (sulfide) groups is 1. The molecule has 1 heterocycles. The van der Waals surface area contributed by atoms with Crippen molar-refractivity contribution in [3.63, 3.8) is 0 Å². The van der Waals surface area contributed by atoms with E-state index in [1.807, 2.05) is 0 Å². The Hall–Kier alpha value is -3.99. The van der Waals surface area contributed by atoms with Crippen molar-refractivity contribution < 1.29 is 39.0 Å². The maximum Gasteiger partial charge on any atom is 0.243 e. The summed E-state index contributed by atoms with van der Waals surface area (Å²) in [5, 5.41) is 31.2. The summed E-state index contributed by atoms with van der Waals surface area (Å²) in [6.07, 6.45) is 3.16. The molecule has 0 spiro atoms. The Morgan fingerprint density at radius 2 is 1.40 bits per heavy atom. The predicted molar refractivity (Wildman–Crippen MR) is 168 cm³/mol. The van der Waals surface area contributed by atoms with Crippen LogP contribution in [0, 0.1) is 0 Å². The molecule has 254 valence electrons. The number of nitrogens with zero attached hydrogens (tertiary/aromatic N) is 1. The molecular formula is C28H48N8O8S. The largest absolute Gasteiger partial charge is 0.494 e. The number of aromatic hydroxyl groups is 2. The van der Waals surface area contributed by atoms with E-state index in [-0.39, 0.29) is 72.5 Å². The van der Waals surface area contributed by atoms with Gasteiger partial charge in [0.25, 0.3) is 0 Å². The van der Waals surface area contributed by atoms with Crippen LogP contribution >= 0.6 is 11.8 Å². The zero-order chi connectivity index (χ0) is 33.9. The maximum atomic E-state index is 12.9. The summed E-state index contributed by atoms with van der Waals surface area (Å²) in [7, 11) is 0. The number of nitrogens with one attached hydrogen (secondary N) is 4. The number of rotatable bonds is 23. The van der Waals surface area contributed by atoms with Gasteiger partial charge in [0.2, 0.25) is 41.3 Å². The minimum Gasteiger partial charge on any atom is -0.494 e. The molecule has 0 aliphatic rings. The number of amides is 6. The number of carbonyl (C=O) groups is 6. The highest BCUT2D eigenvalue weighted by Crippen LogP contribution is 2.35. The molecule has 0 aliphatic heterocycles. The first-order chi connectivity index (χ1) is 21.3. The van der Waals surface area contributed by atoms with E-state index in [0.717, 1.165) is 16.3 Å². The molecule has 1 aromatic rings. The molecule has 0 saturated heterocycles. The van der Waals surface area contributed by atoms with Gasteiger partial charge in [-0.05, 0) is 38.5 Å². The first-order valence-electron chi connectivity index (χ1n) is 15.0. The first kappa shape index (κ1) is 39.0. The standard InChI is InChI=1S/C28H48N8O8S/c1-3-21(37)32-12-8-6-10-19(34-22(38)4-2)27(43)35-18(26(31)42)9-5-7-13-33-23(39)11-14-36-24(40)15-20(28(36)44)45-16-17(29)25(30)41/h15,17-19,40,44H,3-14,16,29H2,1-2H3,(H2,30,41)(H2,31,42)(H,32,37)(H,33,39)(H,34,38)(H,35,43). The lowest BCUT2D eigenvalue weighted by Gasteiger charge is -2.22. The number of unbranched alkanes of at least 4 members (excludes halogenated alkanes) is 2. The van der Waals surface area contributed by atoms with Crippen LogP contribution in [0.1, 0.15) is 71.6 Å². The summed E-state index contributed by atoms with van der Waals surface area (Å²) in [5.41, 5.74) is 16.2. The van der Waals surface area contributed by atoms with Gasteiger partial charge in [0, 0.05) is 50.7 Å². The van der Waals surface area contributed by atoms with E-state index >= 15 is 0 Å². The third kappa shape index (κ3) is 15.0. The maximum absolute atomic E-state index is 12.9. The molecule has 3 atom stereocenters. The molecule has 0 aliphatic carbocycles. The van der Waals surface area contributed by atoms with E-state index in [9.17, 15) is 39.0 Å². The van der Waals surface area contributed by atoms with E-state index in [0.29, 0.717) is 45.1 Å². The number of primary amides is 2. The monoisotopic (exact) mass is 656 g/mol. The van der Waals surface area contributed by atoms with Gasteiger partial charge >= 0.3 is 0 Å². The summed E-state index contributed by atoms with van der Waals surface area (Å²) in [6.45, 7) is 4.13. The Labute approximate surface area is 267 Å². The molecule has 0 aromatic carbocycles. The minimum atomic E-state index is -0.970. The number of hydrogen-bond acceptors (Lipinski definition) is 10. The SMILES string of the molecule is CCC(=O)NCCCCC(NC(=O)CC)C(=O)NC(CCCCNC(=O)CCn1c(O)cc(SCC(N)C(N)=O)c1O)C(N)=O. The molecule has 0 saturated carbocycles. The number of nitrogens with two attached hydrogens (primary N) is 3. The zero-order valence-corrected chi connectivity index (χ0v) is 26.7. The molecule has 6 amide bonds. The molecule has 0 fully saturated rings. The van der Waals surface area contributed by atoms with Gasteiger partial charge in [-0.2, -0.15) is 0 Å². The smallest absolute Gasteiger partial charge is 0.243 e. The molecule has 45 heavy (non-hydrogen) atoms. The third-order valence-electron chi connectivity index (χ3n) is 6.80. The molecule has 17 heteroatoms. The van der Waals surface area contributed by atoms with Crippen LogP contribution in [0.5, 0.6) is 11.8 Å². The van der Waals surface area contributed by atoms with Crippen LogP contribution in [-0.2, 0) is 35.3 Å². The van der Waals surface area contributed by atoms with Gasteiger partial charge in [0.15, 0.2) is 5.88 Å². The minimum absolute atomic E-state index is 0.00910. The lowest BCUT2D eigenvalue weighted by molar-refractivity contribution is -0.131. The highest BCUT2D eigenvalue weighted by Gasteiger charge is 2.25. The summed E-state index contributed by atoms with van der Waals surface area (Å²) in [4.78, 5) is 72.0. The van der Waals surface area contributed by atoms with E-state index < -0.39 is 35.8 Å². The van der Waals surface area contributed by atoms with Crippen LogP contribution in [0.15, 0.2) is 11.0 Å². The van der Waals surface area contributed by atoms with Gasteiger partial charge in [0.05, 0.1) is 10.9 Å². The van der Waals surface area contributed by atoms with Crippen LogP contribution in [0.2, 0.25) is 0 Å². The van der Waals surface area contributed by atoms with E-state index in [1.54, 1.807) is 13.8 Å². The molecule has 12 N–H and O–H groups in total. The molecule has 0 bridgehead atoms. The van der Waals surface area contributed by atoms with Crippen LogP contribution < -0.4 is 38.5 Å². The number of aromatic nitrogens is 1. The third-order valence-corrected chi connectivity index (χ3v) is 7.93. The summed E-state index contributed by atoms with van der Waals surface area (Å²) in [5.74, 6) is -3.09. The van der Waals surface area contributed by atoms with Crippen molar-refractivity contribution in [1.82, 2.24) is 25.8 Å². The van der Waals surface area contributed by atoms with Crippen LogP contribution in [-0.4, -0.2) is 87.2 Å². The van der Waals surface area contributed by atoms with Crippen LogP contribution in [0.3, 0.4) is 0 Å². The predicted octanol–water partition coefficient (Wildman–Crippen LogP) is -0.958. The summed E-state index contributed by atoms with van der Waals surface area (Å²) < 4.78 is 1.15. The second-order valence-electron chi connectivity index (χ2n) is 10.4. The van der Waals surface area contributed by atoms with Gasteiger partial charge in [-0.1, -0.05) is 13.8 Å². The average molecular weight is 657 g/mol. The van der Waals surface area contributed by atoms with Crippen molar-refractivity contribution in [2.24, 2.45) is 17.2 Å².